The summed E-state index contributed by atoms with van der Waals surface area (Å²) in [5.41, 5.74) is 3.37. The molecule has 1 heterocycles. The van der Waals surface area contributed by atoms with E-state index in [-0.39, 0.29) is 0 Å². The van der Waals surface area contributed by atoms with Crippen LogP contribution in [0.2, 0.25) is 0 Å². The molecule has 3 heteroatoms. The lowest BCUT2D eigenvalue weighted by atomic mass is 9.92. The van der Waals surface area contributed by atoms with Gasteiger partial charge in [0.05, 0.1) is 18.2 Å². The molecular weight excluding hydrogens is 260 g/mol. The van der Waals surface area contributed by atoms with Crippen LogP contribution in [-0.4, -0.2) is 24.2 Å². The second-order valence-electron chi connectivity index (χ2n) is 5.97. The van der Waals surface area contributed by atoms with Crippen molar-refractivity contribution in [1.29, 1.82) is 0 Å². The predicted molar refractivity (Wildman–Crippen MR) is 86.4 cm³/mol. The number of para-hydroxylation sites is 1. The maximum atomic E-state index is 6.25. The average molecular weight is 284 g/mol. The van der Waals surface area contributed by atoms with Crippen molar-refractivity contribution < 1.29 is 4.74 Å². The number of ether oxygens (including phenoxy) is 1. The van der Waals surface area contributed by atoms with Crippen molar-refractivity contribution in [1.82, 2.24) is 10.3 Å². The van der Waals surface area contributed by atoms with Crippen LogP contribution >= 0.6 is 0 Å². The van der Waals surface area contributed by atoms with E-state index in [9.17, 15) is 0 Å². The summed E-state index contributed by atoms with van der Waals surface area (Å²) in [4.78, 5) is 4.59. The standard InChI is InChI=1S/C18H24N2O/c1-13-11-14(15-7-3-4-8-16(15)20-13)12-21-18-10-6-5-9-17(18)19-2/h3-4,7-8,11,17-19H,5-6,9-10,12H2,1-2H3. The van der Waals surface area contributed by atoms with Crippen molar-refractivity contribution >= 4 is 10.9 Å². The normalized spacial score (nSPS) is 22.6. The lowest BCUT2D eigenvalue weighted by Crippen LogP contribution is -2.41. The molecule has 1 aliphatic carbocycles. The second-order valence-corrected chi connectivity index (χ2v) is 5.97. The minimum absolute atomic E-state index is 0.330. The molecular formula is C18H24N2O. The number of pyridine rings is 1. The summed E-state index contributed by atoms with van der Waals surface area (Å²) in [6, 6.07) is 11.0. The molecule has 0 bridgehead atoms. The molecule has 3 nitrogen and oxygen atoms in total. The molecule has 0 radical (unpaired) electrons. The molecule has 1 saturated carbocycles. The highest BCUT2D eigenvalue weighted by molar-refractivity contribution is 5.82. The zero-order valence-electron chi connectivity index (χ0n) is 12.9. The maximum Gasteiger partial charge on any atom is 0.0732 e. The first-order valence-corrected chi connectivity index (χ1v) is 7.92. The zero-order valence-corrected chi connectivity index (χ0v) is 12.9. The van der Waals surface area contributed by atoms with E-state index in [4.69, 9.17) is 4.74 Å². The van der Waals surface area contributed by atoms with E-state index in [1.54, 1.807) is 0 Å². The number of likely N-dealkylation sites (N-methyl/N-ethyl adjacent to an activating group) is 1. The fourth-order valence-corrected chi connectivity index (χ4v) is 3.34. The second kappa shape index (κ2) is 6.54. The molecule has 1 aliphatic rings. The number of benzene rings is 1. The number of fused-ring (bicyclic) bond motifs is 1. The SMILES string of the molecule is CNC1CCCCC1OCc1cc(C)nc2ccccc12. The van der Waals surface area contributed by atoms with E-state index in [1.807, 2.05) is 20.0 Å². The van der Waals surface area contributed by atoms with Crippen molar-refractivity contribution in [3.63, 3.8) is 0 Å². The highest BCUT2D eigenvalue weighted by Crippen LogP contribution is 2.24. The molecule has 0 saturated heterocycles. The molecule has 1 aromatic carbocycles. The van der Waals surface area contributed by atoms with Crippen LogP contribution in [0.1, 0.15) is 36.9 Å². The molecule has 2 atom stereocenters. The van der Waals surface area contributed by atoms with E-state index in [2.05, 4.69) is 34.6 Å². The quantitative estimate of drug-likeness (QED) is 0.931. The monoisotopic (exact) mass is 284 g/mol. The van der Waals surface area contributed by atoms with Gasteiger partial charge in [-0.05, 0) is 44.5 Å². The van der Waals surface area contributed by atoms with Crippen molar-refractivity contribution in [2.75, 3.05) is 7.05 Å². The largest absolute Gasteiger partial charge is 0.372 e. The minimum atomic E-state index is 0.330. The summed E-state index contributed by atoms with van der Waals surface area (Å²) in [5.74, 6) is 0. The van der Waals surface area contributed by atoms with E-state index >= 15 is 0 Å². The maximum absolute atomic E-state index is 6.25. The van der Waals surface area contributed by atoms with E-state index in [0.717, 1.165) is 17.6 Å². The van der Waals surface area contributed by atoms with Gasteiger partial charge >= 0.3 is 0 Å². The van der Waals surface area contributed by atoms with Crippen LogP contribution in [0.25, 0.3) is 10.9 Å². The Morgan fingerprint density at radius 3 is 2.90 bits per heavy atom. The number of aryl methyl sites for hydroxylation is 1. The lowest BCUT2D eigenvalue weighted by molar-refractivity contribution is -0.00316. The van der Waals surface area contributed by atoms with Gasteiger partial charge in [-0.1, -0.05) is 31.0 Å². The van der Waals surface area contributed by atoms with Crippen LogP contribution in [-0.2, 0) is 11.3 Å². The van der Waals surface area contributed by atoms with Crippen LogP contribution in [0.5, 0.6) is 0 Å². The Morgan fingerprint density at radius 2 is 2.05 bits per heavy atom. The van der Waals surface area contributed by atoms with Crippen LogP contribution in [0.15, 0.2) is 30.3 Å². The summed E-state index contributed by atoms with van der Waals surface area (Å²) in [6.45, 7) is 2.72. The minimum Gasteiger partial charge on any atom is -0.372 e. The van der Waals surface area contributed by atoms with Crippen molar-refractivity contribution in [2.45, 2.75) is 51.4 Å². The molecule has 1 N–H and O–H groups in total. The number of rotatable bonds is 4. The van der Waals surface area contributed by atoms with Crippen LogP contribution in [0, 0.1) is 6.92 Å². The fourth-order valence-electron chi connectivity index (χ4n) is 3.34. The van der Waals surface area contributed by atoms with Gasteiger partial charge in [0.1, 0.15) is 0 Å². The number of hydrogen-bond acceptors (Lipinski definition) is 3. The summed E-state index contributed by atoms with van der Waals surface area (Å²) in [5, 5.41) is 4.61. The molecule has 3 rings (SSSR count). The summed E-state index contributed by atoms with van der Waals surface area (Å²) in [7, 11) is 2.04. The van der Waals surface area contributed by atoms with Gasteiger partial charge < -0.3 is 10.1 Å². The molecule has 0 amide bonds. The third-order valence-electron chi connectivity index (χ3n) is 4.46. The van der Waals surface area contributed by atoms with Gasteiger partial charge in [0, 0.05) is 17.1 Å². The van der Waals surface area contributed by atoms with Crippen LogP contribution < -0.4 is 5.32 Å². The Bertz CT molecular complexity index is 611. The molecule has 0 aliphatic heterocycles. The highest BCUT2D eigenvalue weighted by atomic mass is 16.5. The Labute approximate surface area is 126 Å². The number of aromatic nitrogens is 1. The average Bonchev–Trinajstić information content (AvgIpc) is 2.52. The predicted octanol–water partition coefficient (Wildman–Crippen LogP) is 3.59. The number of nitrogens with zero attached hydrogens (tertiary/aromatic N) is 1. The van der Waals surface area contributed by atoms with Gasteiger partial charge in [-0.3, -0.25) is 4.98 Å². The highest BCUT2D eigenvalue weighted by Gasteiger charge is 2.24. The molecule has 112 valence electrons. The van der Waals surface area contributed by atoms with E-state index < -0.39 is 0 Å². The lowest BCUT2D eigenvalue weighted by Gasteiger charge is -2.31. The van der Waals surface area contributed by atoms with Gasteiger partial charge in [-0.25, -0.2) is 0 Å². The Kier molecular flexibility index (Phi) is 4.51. The van der Waals surface area contributed by atoms with Crippen LogP contribution in [0.3, 0.4) is 0 Å². The van der Waals surface area contributed by atoms with E-state index in [0.29, 0.717) is 18.8 Å². The molecule has 2 unspecified atom stereocenters. The number of nitrogens with one attached hydrogen (secondary N) is 1. The topological polar surface area (TPSA) is 34.1 Å². The molecule has 0 spiro atoms. The van der Waals surface area contributed by atoms with Crippen LogP contribution in [0.4, 0.5) is 0 Å². The van der Waals surface area contributed by atoms with Crippen molar-refractivity contribution in [2.24, 2.45) is 0 Å². The third-order valence-corrected chi connectivity index (χ3v) is 4.46. The molecule has 1 aromatic heterocycles. The third kappa shape index (κ3) is 3.25. The number of hydrogen-bond donors (Lipinski definition) is 1. The molecule has 1 fully saturated rings. The van der Waals surface area contributed by atoms with Gasteiger partial charge in [-0.15, -0.1) is 0 Å². The summed E-state index contributed by atoms with van der Waals surface area (Å²) < 4.78 is 6.25. The van der Waals surface area contributed by atoms with Crippen molar-refractivity contribution in [3.05, 3.63) is 41.6 Å². The molecule has 21 heavy (non-hydrogen) atoms. The Morgan fingerprint density at radius 1 is 1.24 bits per heavy atom. The first-order valence-electron chi connectivity index (χ1n) is 7.92. The molecule has 2 aromatic rings. The Hall–Kier alpha value is -1.45. The van der Waals surface area contributed by atoms with Crippen molar-refractivity contribution in [3.8, 4) is 0 Å². The first-order chi connectivity index (χ1) is 10.3. The zero-order chi connectivity index (χ0) is 14.7. The van der Waals surface area contributed by atoms with Gasteiger partial charge in [-0.2, -0.15) is 0 Å². The summed E-state index contributed by atoms with van der Waals surface area (Å²) in [6.07, 6.45) is 5.29. The van der Waals surface area contributed by atoms with Gasteiger partial charge in [0.2, 0.25) is 0 Å². The van der Waals surface area contributed by atoms with E-state index in [1.165, 1.54) is 30.2 Å². The Balaban J connectivity index is 1.78. The fraction of sp³-hybridized carbons (Fsp3) is 0.500. The first kappa shape index (κ1) is 14.5. The smallest absolute Gasteiger partial charge is 0.0732 e. The van der Waals surface area contributed by atoms with Gasteiger partial charge in [0.25, 0.3) is 0 Å². The summed E-state index contributed by atoms with van der Waals surface area (Å²) >= 11 is 0. The van der Waals surface area contributed by atoms with Gasteiger partial charge in [0.15, 0.2) is 0 Å².